The predicted octanol–water partition coefficient (Wildman–Crippen LogP) is 3.90. The van der Waals surface area contributed by atoms with Crippen LogP contribution in [-0.4, -0.2) is 29.0 Å². The van der Waals surface area contributed by atoms with Gasteiger partial charge in [0.2, 0.25) is 0 Å². The summed E-state index contributed by atoms with van der Waals surface area (Å²) in [6.45, 7) is 5.02. The second kappa shape index (κ2) is 6.23. The molecule has 0 bridgehead atoms. The fraction of sp³-hybridized carbons (Fsp3) is 0.400. The molecular weight excluding hydrogens is 325 g/mol. The van der Waals surface area contributed by atoms with Gasteiger partial charge >= 0.3 is 0 Å². The standard InChI is InChI=1S/C15H17Cl2N3S/c1-9-5-20(6-13(9)18)7-15-19-14(8-21-15)11-4-10(16)2-3-12(11)17/h2-4,8-9,13H,5-7,18H2,1H3. The quantitative estimate of drug-likeness (QED) is 0.920. The van der Waals surface area contributed by atoms with Gasteiger partial charge in [0.25, 0.3) is 0 Å². The molecule has 0 spiro atoms. The van der Waals surface area contributed by atoms with Crippen molar-refractivity contribution < 1.29 is 0 Å². The minimum absolute atomic E-state index is 0.270. The smallest absolute Gasteiger partial charge is 0.107 e. The maximum absolute atomic E-state index is 6.23. The lowest BCUT2D eigenvalue weighted by molar-refractivity contribution is 0.318. The van der Waals surface area contributed by atoms with Crippen molar-refractivity contribution in [2.45, 2.75) is 19.5 Å². The maximum Gasteiger partial charge on any atom is 0.107 e. The number of rotatable bonds is 3. The van der Waals surface area contributed by atoms with Crippen LogP contribution in [0.25, 0.3) is 11.3 Å². The molecule has 1 aliphatic heterocycles. The van der Waals surface area contributed by atoms with E-state index < -0.39 is 0 Å². The van der Waals surface area contributed by atoms with Crippen LogP contribution in [0.3, 0.4) is 0 Å². The fourth-order valence-corrected chi connectivity index (χ4v) is 3.84. The van der Waals surface area contributed by atoms with Crippen molar-refractivity contribution in [3.05, 3.63) is 38.6 Å². The lowest BCUT2D eigenvalue weighted by Gasteiger charge is -2.12. The van der Waals surface area contributed by atoms with E-state index in [1.807, 2.05) is 11.4 Å². The van der Waals surface area contributed by atoms with Crippen molar-refractivity contribution in [1.29, 1.82) is 0 Å². The Bertz CT molecular complexity index is 634. The molecule has 2 heterocycles. The van der Waals surface area contributed by atoms with Gasteiger partial charge in [-0.2, -0.15) is 0 Å². The third-order valence-corrected chi connectivity index (χ3v) is 5.26. The van der Waals surface area contributed by atoms with E-state index in [0.717, 1.165) is 35.9 Å². The Labute approximate surface area is 138 Å². The van der Waals surface area contributed by atoms with E-state index in [-0.39, 0.29) is 6.04 Å². The van der Waals surface area contributed by atoms with Crippen LogP contribution in [0.1, 0.15) is 11.9 Å². The summed E-state index contributed by atoms with van der Waals surface area (Å²) in [6.07, 6.45) is 0. The second-order valence-corrected chi connectivity index (χ2v) is 7.37. The number of thiazole rings is 1. The van der Waals surface area contributed by atoms with Gasteiger partial charge in [-0.3, -0.25) is 4.90 Å². The van der Waals surface area contributed by atoms with Crippen LogP contribution in [-0.2, 0) is 6.54 Å². The molecule has 21 heavy (non-hydrogen) atoms. The molecule has 0 amide bonds. The van der Waals surface area contributed by atoms with Crippen molar-refractivity contribution in [2.24, 2.45) is 11.7 Å². The lowest BCUT2D eigenvalue weighted by atomic mass is 10.1. The van der Waals surface area contributed by atoms with Crippen LogP contribution < -0.4 is 5.73 Å². The topological polar surface area (TPSA) is 42.2 Å². The first-order valence-electron chi connectivity index (χ1n) is 6.90. The second-order valence-electron chi connectivity index (χ2n) is 5.59. The van der Waals surface area contributed by atoms with Gasteiger partial charge in [0.15, 0.2) is 0 Å². The number of hydrogen-bond donors (Lipinski definition) is 1. The Morgan fingerprint density at radius 1 is 1.38 bits per heavy atom. The molecular formula is C15H17Cl2N3S. The van der Waals surface area contributed by atoms with E-state index in [9.17, 15) is 0 Å². The molecule has 0 radical (unpaired) electrons. The first kappa shape index (κ1) is 15.3. The van der Waals surface area contributed by atoms with E-state index in [0.29, 0.717) is 16.0 Å². The Morgan fingerprint density at radius 2 is 2.19 bits per heavy atom. The molecule has 2 atom stereocenters. The first-order valence-corrected chi connectivity index (χ1v) is 8.54. The molecule has 3 rings (SSSR count). The highest BCUT2D eigenvalue weighted by Gasteiger charge is 2.27. The largest absolute Gasteiger partial charge is 0.326 e. The van der Waals surface area contributed by atoms with Crippen molar-refractivity contribution in [1.82, 2.24) is 9.88 Å². The van der Waals surface area contributed by atoms with Gasteiger partial charge in [-0.1, -0.05) is 30.1 Å². The predicted molar refractivity (Wildman–Crippen MR) is 90.0 cm³/mol. The molecule has 1 aromatic carbocycles. The highest BCUT2D eigenvalue weighted by atomic mass is 35.5. The van der Waals surface area contributed by atoms with Gasteiger partial charge in [0, 0.05) is 35.1 Å². The Hall–Kier alpha value is -0.650. The molecule has 1 aromatic heterocycles. The van der Waals surface area contributed by atoms with Crippen LogP contribution in [0.15, 0.2) is 23.6 Å². The zero-order valence-electron chi connectivity index (χ0n) is 11.7. The summed E-state index contributed by atoms with van der Waals surface area (Å²) in [5.74, 6) is 0.548. The summed E-state index contributed by atoms with van der Waals surface area (Å²) >= 11 is 13.9. The van der Waals surface area contributed by atoms with E-state index >= 15 is 0 Å². The minimum atomic E-state index is 0.270. The normalized spacial score (nSPS) is 22.9. The fourth-order valence-electron chi connectivity index (χ4n) is 2.62. The number of halogens is 2. The molecule has 0 saturated carbocycles. The maximum atomic E-state index is 6.23. The van der Waals surface area contributed by atoms with Crippen LogP contribution in [0.2, 0.25) is 10.0 Å². The summed E-state index contributed by atoms with van der Waals surface area (Å²) in [5, 5.41) is 4.46. The summed E-state index contributed by atoms with van der Waals surface area (Å²) < 4.78 is 0. The molecule has 0 aliphatic carbocycles. The van der Waals surface area contributed by atoms with E-state index in [1.165, 1.54) is 0 Å². The van der Waals surface area contributed by atoms with Gasteiger partial charge in [0.1, 0.15) is 5.01 Å². The van der Waals surface area contributed by atoms with Crippen molar-refractivity contribution >= 4 is 34.5 Å². The summed E-state index contributed by atoms with van der Waals surface area (Å²) in [5.41, 5.74) is 7.84. The Kier molecular flexibility index (Phi) is 4.52. The average molecular weight is 342 g/mol. The van der Waals surface area contributed by atoms with Gasteiger partial charge < -0.3 is 5.73 Å². The number of nitrogens with two attached hydrogens (primary N) is 1. The average Bonchev–Trinajstić information content (AvgIpc) is 3.01. The van der Waals surface area contributed by atoms with Crippen LogP contribution >= 0.6 is 34.5 Å². The molecule has 2 unspecified atom stereocenters. The molecule has 3 nitrogen and oxygen atoms in total. The van der Waals surface area contributed by atoms with E-state index in [4.69, 9.17) is 28.9 Å². The summed E-state index contributed by atoms with van der Waals surface area (Å²) in [4.78, 5) is 7.05. The van der Waals surface area contributed by atoms with Gasteiger partial charge in [-0.25, -0.2) is 4.98 Å². The molecule has 1 aliphatic rings. The Balaban J connectivity index is 1.76. The van der Waals surface area contributed by atoms with Crippen molar-refractivity contribution in [2.75, 3.05) is 13.1 Å². The third-order valence-electron chi connectivity index (χ3n) is 3.86. The molecule has 112 valence electrons. The number of likely N-dealkylation sites (tertiary alicyclic amines) is 1. The van der Waals surface area contributed by atoms with E-state index in [2.05, 4.69) is 16.8 Å². The van der Waals surface area contributed by atoms with Gasteiger partial charge in [-0.05, 0) is 24.1 Å². The van der Waals surface area contributed by atoms with Crippen molar-refractivity contribution in [3.8, 4) is 11.3 Å². The summed E-state index contributed by atoms with van der Waals surface area (Å²) in [6, 6.07) is 5.72. The highest BCUT2D eigenvalue weighted by molar-refractivity contribution is 7.09. The molecule has 6 heteroatoms. The SMILES string of the molecule is CC1CN(Cc2nc(-c3cc(Cl)ccc3Cl)cs2)CC1N. The minimum Gasteiger partial charge on any atom is -0.326 e. The van der Waals surface area contributed by atoms with Crippen LogP contribution in [0.4, 0.5) is 0 Å². The third kappa shape index (κ3) is 3.41. The molecule has 2 N–H and O–H groups in total. The van der Waals surface area contributed by atoms with Gasteiger partial charge in [0.05, 0.1) is 17.3 Å². The molecule has 1 fully saturated rings. The monoisotopic (exact) mass is 341 g/mol. The molecule has 2 aromatic rings. The van der Waals surface area contributed by atoms with Crippen LogP contribution in [0, 0.1) is 5.92 Å². The zero-order chi connectivity index (χ0) is 15.0. The number of nitrogens with zero attached hydrogens (tertiary/aromatic N) is 2. The van der Waals surface area contributed by atoms with Crippen molar-refractivity contribution in [3.63, 3.8) is 0 Å². The number of benzene rings is 1. The molecule has 1 saturated heterocycles. The Morgan fingerprint density at radius 3 is 2.90 bits per heavy atom. The summed E-state index contributed by atoms with van der Waals surface area (Å²) in [7, 11) is 0. The first-order chi connectivity index (χ1) is 10.0. The number of hydrogen-bond acceptors (Lipinski definition) is 4. The number of aromatic nitrogens is 1. The van der Waals surface area contributed by atoms with Gasteiger partial charge in [-0.15, -0.1) is 11.3 Å². The zero-order valence-corrected chi connectivity index (χ0v) is 14.0. The lowest BCUT2D eigenvalue weighted by Crippen LogP contribution is -2.28. The van der Waals surface area contributed by atoms with E-state index in [1.54, 1.807) is 23.5 Å². The highest BCUT2D eigenvalue weighted by Crippen LogP contribution is 2.31. The van der Waals surface area contributed by atoms with Crippen LogP contribution in [0.5, 0.6) is 0 Å².